The van der Waals surface area contributed by atoms with E-state index in [-0.39, 0.29) is 11.5 Å². The Morgan fingerprint density at radius 1 is 0.926 bits per heavy atom. The fourth-order valence-corrected chi connectivity index (χ4v) is 3.45. The minimum atomic E-state index is -0.609. The van der Waals surface area contributed by atoms with Gasteiger partial charge in [-0.05, 0) is 23.8 Å². The lowest BCUT2D eigenvalue weighted by Gasteiger charge is -2.11. The van der Waals surface area contributed by atoms with Crippen LogP contribution in [0.1, 0.15) is 27.4 Å². The van der Waals surface area contributed by atoms with E-state index < -0.39 is 10.8 Å². The molecule has 0 aromatic heterocycles. The van der Waals surface area contributed by atoms with Crippen molar-refractivity contribution in [1.82, 2.24) is 0 Å². The summed E-state index contributed by atoms with van der Waals surface area (Å²) in [4.78, 5) is 28.2. The average Bonchev–Trinajstić information content (AvgIpc) is 2.94. The molecule has 132 valence electrons. The molecular formula is C21H13ClN2O3. The zero-order chi connectivity index (χ0) is 19.0. The number of rotatable bonds is 3. The van der Waals surface area contributed by atoms with E-state index in [0.717, 1.165) is 5.56 Å². The Labute approximate surface area is 160 Å². The topological polar surface area (TPSA) is 72.6 Å². The number of carbonyl (C=O) groups excluding carboxylic acids is 1. The molecule has 1 aliphatic carbocycles. The second-order valence-corrected chi connectivity index (χ2v) is 6.60. The third-order valence-corrected chi connectivity index (χ3v) is 4.73. The quantitative estimate of drug-likeness (QED) is 0.457. The van der Waals surface area contributed by atoms with Crippen LogP contribution in [0, 0.1) is 10.1 Å². The lowest BCUT2D eigenvalue weighted by Crippen LogP contribution is -2.13. The van der Waals surface area contributed by atoms with E-state index in [1.54, 1.807) is 36.4 Å². The summed E-state index contributed by atoms with van der Waals surface area (Å²) in [6.07, 6.45) is 0. The first-order valence-electron chi connectivity index (χ1n) is 8.27. The van der Waals surface area contributed by atoms with Gasteiger partial charge in [0.25, 0.3) is 5.69 Å². The number of hydrogen-bond acceptors (Lipinski definition) is 4. The van der Waals surface area contributed by atoms with Gasteiger partial charge in [0.2, 0.25) is 0 Å². The molecule has 0 saturated carbocycles. The maximum Gasteiger partial charge on any atom is 0.269 e. The molecule has 6 heteroatoms. The summed E-state index contributed by atoms with van der Waals surface area (Å²) in [6, 6.07) is 20.4. The van der Waals surface area contributed by atoms with Gasteiger partial charge in [-0.25, -0.2) is 0 Å². The Bertz CT molecular complexity index is 1090. The van der Waals surface area contributed by atoms with Gasteiger partial charge in [0.15, 0.2) is 5.78 Å². The smallest absolute Gasteiger partial charge is 0.269 e. The number of halogens is 1. The Hall–Kier alpha value is -3.31. The van der Waals surface area contributed by atoms with Gasteiger partial charge in [0.05, 0.1) is 22.2 Å². The van der Waals surface area contributed by atoms with Crippen LogP contribution in [0.15, 0.2) is 77.8 Å². The van der Waals surface area contributed by atoms with Crippen molar-refractivity contribution in [1.29, 1.82) is 0 Å². The van der Waals surface area contributed by atoms with Gasteiger partial charge in [-0.2, -0.15) is 0 Å². The number of nitro benzene ring substituents is 1. The average molecular weight is 377 g/mol. The van der Waals surface area contributed by atoms with Crippen LogP contribution in [-0.4, -0.2) is 16.4 Å². The number of fused-ring (bicyclic) bond motifs is 1. The number of benzene rings is 3. The third-order valence-electron chi connectivity index (χ3n) is 4.50. The molecule has 0 radical (unpaired) electrons. The standard InChI is InChI=1S/C21H13ClN2O3/c22-14-4-3-5-15(12-14)23-20-17-6-1-2-7-18(17)21(25)19(20)13-8-10-16(11-9-13)24(26)27/h1-12,19H/t19-/m1/s1. The monoisotopic (exact) mass is 376 g/mol. The normalized spacial score (nSPS) is 17.1. The first kappa shape index (κ1) is 17.1. The SMILES string of the molecule is O=C1c2ccccc2C(=Nc2cccc(Cl)c2)[C@H]1c1ccc([N+](=O)[O-])cc1. The Kier molecular flexibility index (Phi) is 4.30. The number of non-ortho nitro benzene ring substituents is 1. The highest BCUT2D eigenvalue weighted by molar-refractivity contribution is 6.32. The second kappa shape index (κ2) is 6.78. The molecule has 3 aromatic carbocycles. The van der Waals surface area contributed by atoms with E-state index in [0.29, 0.717) is 27.5 Å². The maximum absolute atomic E-state index is 13.0. The third kappa shape index (κ3) is 3.13. The molecule has 0 N–H and O–H groups in total. The van der Waals surface area contributed by atoms with Crippen molar-refractivity contribution in [2.24, 2.45) is 4.99 Å². The molecule has 1 aliphatic rings. The lowest BCUT2D eigenvalue weighted by atomic mass is 9.93. The largest absolute Gasteiger partial charge is 0.293 e. The van der Waals surface area contributed by atoms with Gasteiger partial charge in [-0.3, -0.25) is 19.9 Å². The first-order chi connectivity index (χ1) is 13.0. The predicted octanol–water partition coefficient (Wildman–Crippen LogP) is 5.35. The summed E-state index contributed by atoms with van der Waals surface area (Å²) < 4.78 is 0. The van der Waals surface area contributed by atoms with Crippen molar-refractivity contribution in [2.75, 3.05) is 0 Å². The van der Waals surface area contributed by atoms with Crippen LogP contribution in [0.25, 0.3) is 0 Å². The summed E-state index contributed by atoms with van der Waals surface area (Å²) >= 11 is 6.06. The van der Waals surface area contributed by atoms with Gasteiger partial charge < -0.3 is 0 Å². The number of carbonyl (C=O) groups is 1. The van der Waals surface area contributed by atoms with Crippen molar-refractivity contribution in [3.63, 3.8) is 0 Å². The number of hydrogen-bond donors (Lipinski definition) is 0. The zero-order valence-electron chi connectivity index (χ0n) is 14.0. The van der Waals surface area contributed by atoms with Gasteiger partial charge in [0.1, 0.15) is 0 Å². The zero-order valence-corrected chi connectivity index (χ0v) is 14.8. The molecule has 5 nitrogen and oxygen atoms in total. The predicted molar refractivity (Wildman–Crippen MR) is 104 cm³/mol. The molecule has 0 heterocycles. The molecule has 3 aromatic rings. The van der Waals surface area contributed by atoms with Crippen molar-refractivity contribution >= 4 is 34.5 Å². The molecule has 0 spiro atoms. The van der Waals surface area contributed by atoms with Gasteiger partial charge in [-0.15, -0.1) is 0 Å². The van der Waals surface area contributed by atoms with Crippen LogP contribution in [0.5, 0.6) is 0 Å². The van der Waals surface area contributed by atoms with Crippen LogP contribution in [-0.2, 0) is 0 Å². The van der Waals surface area contributed by atoms with E-state index >= 15 is 0 Å². The summed E-state index contributed by atoms with van der Waals surface area (Å²) in [5.41, 5.74) is 3.28. The van der Waals surface area contributed by atoms with E-state index in [2.05, 4.69) is 0 Å². The van der Waals surface area contributed by atoms with Crippen molar-refractivity contribution in [3.05, 3.63) is 105 Å². The first-order valence-corrected chi connectivity index (χ1v) is 8.64. The minimum Gasteiger partial charge on any atom is -0.293 e. The summed E-state index contributed by atoms with van der Waals surface area (Å²) in [5, 5.41) is 11.5. The molecule has 0 unspecified atom stereocenters. The molecule has 4 rings (SSSR count). The highest BCUT2D eigenvalue weighted by Gasteiger charge is 2.37. The van der Waals surface area contributed by atoms with Crippen LogP contribution < -0.4 is 0 Å². The van der Waals surface area contributed by atoms with Crippen molar-refractivity contribution in [3.8, 4) is 0 Å². The van der Waals surface area contributed by atoms with E-state index in [4.69, 9.17) is 16.6 Å². The summed E-state index contributed by atoms with van der Waals surface area (Å²) in [6.45, 7) is 0. The Morgan fingerprint density at radius 2 is 1.63 bits per heavy atom. The van der Waals surface area contributed by atoms with Crippen LogP contribution in [0.2, 0.25) is 5.02 Å². The van der Waals surface area contributed by atoms with Gasteiger partial charge >= 0.3 is 0 Å². The summed E-state index contributed by atoms with van der Waals surface area (Å²) in [5.74, 6) is -0.678. The lowest BCUT2D eigenvalue weighted by molar-refractivity contribution is -0.384. The Balaban J connectivity index is 1.86. The molecular weight excluding hydrogens is 364 g/mol. The second-order valence-electron chi connectivity index (χ2n) is 6.17. The summed E-state index contributed by atoms with van der Waals surface area (Å²) in [7, 11) is 0. The van der Waals surface area contributed by atoms with Crippen LogP contribution >= 0.6 is 11.6 Å². The minimum absolute atomic E-state index is 0.0185. The van der Waals surface area contributed by atoms with Crippen LogP contribution in [0.3, 0.4) is 0 Å². The maximum atomic E-state index is 13.0. The van der Waals surface area contributed by atoms with Gasteiger partial charge in [0, 0.05) is 28.3 Å². The molecule has 0 amide bonds. The Morgan fingerprint density at radius 3 is 2.30 bits per heavy atom. The molecule has 0 bridgehead atoms. The molecule has 0 fully saturated rings. The van der Waals surface area contributed by atoms with Gasteiger partial charge in [-0.1, -0.05) is 54.1 Å². The fourth-order valence-electron chi connectivity index (χ4n) is 3.26. The van der Waals surface area contributed by atoms with Crippen LogP contribution in [0.4, 0.5) is 11.4 Å². The highest BCUT2D eigenvalue weighted by atomic mass is 35.5. The number of Topliss-reactive ketones (excluding diaryl/α,β-unsaturated/α-hetero) is 1. The van der Waals surface area contributed by atoms with Crippen molar-refractivity contribution < 1.29 is 9.72 Å². The highest BCUT2D eigenvalue weighted by Crippen LogP contribution is 2.36. The van der Waals surface area contributed by atoms with E-state index in [1.807, 2.05) is 24.3 Å². The molecule has 0 saturated heterocycles. The van der Waals surface area contributed by atoms with Crippen molar-refractivity contribution in [2.45, 2.75) is 5.92 Å². The molecule has 0 aliphatic heterocycles. The number of nitro groups is 1. The number of aliphatic imine (C=N–C) groups is 1. The number of nitrogens with zero attached hydrogens (tertiary/aromatic N) is 2. The van der Waals surface area contributed by atoms with E-state index in [9.17, 15) is 14.9 Å². The molecule has 27 heavy (non-hydrogen) atoms. The van der Waals surface area contributed by atoms with E-state index in [1.165, 1.54) is 12.1 Å². The fraction of sp³-hybridized carbons (Fsp3) is 0.0476. The number of ketones is 1. The molecule has 1 atom stereocenters.